The number of hydrogen-bond donors (Lipinski definition) is 0. The van der Waals surface area contributed by atoms with Gasteiger partial charge in [-0.05, 0) is 43.6 Å². The standard InChI is InChI=1S/C20H22Cl2N6/c21-17-11-25-20(26-12-17)28-7-3-15(4-8-28)14-1-5-27(6-2-14)19-9-16(10-23)18(22)13-24-19/h9,11-15H,1-8H2. The van der Waals surface area contributed by atoms with Crippen molar-refractivity contribution >= 4 is 35.0 Å². The Morgan fingerprint density at radius 2 is 1.43 bits per heavy atom. The maximum atomic E-state index is 9.17. The van der Waals surface area contributed by atoms with Gasteiger partial charge in [-0.2, -0.15) is 5.26 Å². The zero-order valence-electron chi connectivity index (χ0n) is 15.6. The van der Waals surface area contributed by atoms with Crippen LogP contribution in [0.4, 0.5) is 11.8 Å². The molecule has 28 heavy (non-hydrogen) atoms. The molecule has 0 N–H and O–H groups in total. The lowest BCUT2D eigenvalue weighted by molar-refractivity contribution is 0.232. The van der Waals surface area contributed by atoms with Gasteiger partial charge in [-0.1, -0.05) is 23.2 Å². The van der Waals surface area contributed by atoms with Gasteiger partial charge in [0.15, 0.2) is 0 Å². The molecule has 6 nitrogen and oxygen atoms in total. The van der Waals surface area contributed by atoms with Crippen molar-refractivity contribution in [1.29, 1.82) is 5.26 Å². The van der Waals surface area contributed by atoms with E-state index in [1.54, 1.807) is 24.7 Å². The topological polar surface area (TPSA) is 68.9 Å². The lowest BCUT2D eigenvalue weighted by Crippen LogP contribution is -2.41. The minimum Gasteiger partial charge on any atom is -0.357 e. The lowest BCUT2D eigenvalue weighted by atomic mass is 9.79. The minimum atomic E-state index is 0.414. The van der Waals surface area contributed by atoms with E-state index < -0.39 is 0 Å². The van der Waals surface area contributed by atoms with Crippen molar-refractivity contribution in [1.82, 2.24) is 15.0 Å². The molecule has 0 spiro atoms. The molecule has 0 amide bonds. The van der Waals surface area contributed by atoms with E-state index >= 15 is 0 Å². The Bertz CT molecular complexity index is 850. The van der Waals surface area contributed by atoms with Gasteiger partial charge in [0.05, 0.1) is 28.0 Å². The van der Waals surface area contributed by atoms with E-state index in [2.05, 4.69) is 30.8 Å². The molecule has 2 aliphatic rings. The number of piperidine rings is 2. The Kier molecular flexibility index (Phi) is 5.84. The monoisotopic (exact) mass is 416 g/mol. The molecule has 0 aromatic carbocycles. The van der Waals surface area contributed by atoms with E-state index in [4.69, 9.17) is 23.2 Å². The summed E-state index contributed by atoms with van der Waals surface area (Å²) in [4.78, 5) is 17.6. The van der Waals surface area contributed by atoms with Crippen LogP contribution in [-0.4, -0.2) is 41.1 Å². The third kappa shape index (κ3) is 4.16. The summed E-state index contributed by atoms with van der Waals surface area (Å²) < 4.78 is 0. The third-order valence-corrected chi connectivity index (χ3v) is 6.42. The number of anilines is 2. The molecule has 2 aliphatic heterocycles. The van der Waals surface area contributed by atoms with E-state index in [-0.39, 0.29) is 0 Å². The molecule has 2 saturated heterocycles. The summed E-state index contributed by atoms with van der Waals surface area (Å²) in [5.41, 5.74) is 0.491. The molecule has 0 saturated carbocycles. The highest BCUT2D eigenvalue weighted by molar-refractivity contribution is 6.31. The predicted octanol–water partition coefficient (Wildman–Crippen LogP) is 4.18. The van der Waals surface area contributed by atoms with Gasteiger partial charge >= 0.3 is 0 Å². The number of aromatic nitrogens is 3. The molecule has 2 fully saturated rings. The first-order valence-corrected chi connectivity index (χ1v) is 10.4. The summed E-state index contributed by atoms with van der Waals surface area (Å²) in [6, 6.07) is 3.93. The largest absolute Gasteiger partial charge is 0.357 e. The van der Waals surface area contributed by atoms with Gasteiger partial charge in [0.2, 0.25) is 5.95 Å². The molecule has 2 aromatic heterocycles. The van der Waals surface area contributed by atoms with Crippen LogP contribution in [0.5, 0.6) is 0 Å². The first kappa shape index (κ1) is 19.2. The van der Waals surface area contributed by atoms with Crippen LogP contribution in [0.3, 0.4) is 0 Å². The van der Waals surface area contributed by atoms with Crippen molar-refractivity contribution in [2.24, 2.45) is 11.8 Å². The van der Waals surface area contributed by atoms with E-state index in [0.717, 1.165) is 62.6 Å². The van der Waals surface area contributed by atoms with Crippen LogP contribution in [0.25, 0.3) is 0 Å². The Balaban J connectivity index is 1.30. The van der Waals surface area contributed by atoms with Gasteiger partial charge in [-0.25, -0.2) is 15.0 Å². The average molecular weight is 417 g/mol. The number of hydrogen-bond acceptors (Lipinski definition) is 6. The second kappa shape index (κ2) is 8.50. The number of nitriles is 1. The number of pyridine rings is 1. The summed E-state index contributed by atoms with van der Waals surface area (Å²) in [6.45, 7) is 3.95. The summed E-state index contributed by atoms with van der Waals surface area (Å²) in [5, 5.41) is 10.2. The summed E-state index contributed by atoms with van der Waals surface area (Å²) in [6.07, 6.45) is 9.57. The van der Waals surface area contributed by atoms with Crippen molar-refractivity contribution < 1.29 is 0 Å². The fraction of sp³-hybridized carbons (Fsp3) is 0.500. The van der Waals surface area contributed by atoms with Crippen LogP contribution < -0.4 is 9.80 Å². The van der Waals surface area contributed by atoms with Gasteiger partial charge in [-0.15, -0.1) is 0 Å². The van der Waals surface area contributed by atoms with Crippen molar-refractivity contribution in [3.8, 4) is 6.07 Å². The fourth-order valence-corrected chi connectivity index (χ4v) is 4.57. The normalized spacial score (nSPS) is 18.9. The molecule has 146 valence electrons. The molecule has 8 heteroatoms. The molecule has 0 aliphatic carbocycles. The highest BCUT2D eigenvalue weighted by atomic mass is 35.5. The number of nitrogens with zero attached hydrogens (tertiary/aromatic N) is 6. The molecule has 0 unspecified atom stereocenters. The van der Waals surface area contributed by atoms with Crippen LogP contribution in [0.1, 0.15) is 31.2 Å². The number of rotatable bonds is 3. The second-order valence-electron chi connectivity index (χ2n) is 7.48. The fourth-order valence-electron chi connectivity index (χ4n) is 4.33. The third-order valence-electron chi connectivity index (χ3n) is 5.92. The molecular formula is C20H22Cl2N6. The molecule has 2 aromatic rings. The van der Waals surface area contributed by atoms with Crippen molar-refractivity contribution in [2.75, 3.05) is 36.0 Å². The smallest absolute Gasteiger partial charge is 0.225 e. The van der Waals surface area contributed by atoms with Gasteiger partial charge in [0.25, 0.3) is 0 Å². The molecule has 4 heterocycles. The predicted molar refractivity (Wildman–Crippen MR) is 111 cm³/mol. The zero-order chi connectivity index (χ0) is 19.5. The highest BCUT2D eigenvalue weighted by Crippen LogP contribution is 2.34. The first-order chi connectivity index (χ1) is 13.6. The Morgan fingerprint density at radius 3 is 2.00 bits per heavy atom. The first-order valence-electron chi connectivity index (χ1n) is 9.67. The lowest BCUT2D eigenvalue weighted by Gasteiger charge is -2.40. The van der Waals surface area contributed by atoms with Gasteiger partial charge in [0.1, 0.15) is 11.9 Å². The second-order valence-corrected chi connectivity index (χ2v) is 8.33. The molecule has 0 radical (unpaired) electrons. The zero-order valence-corrected chi connectivity index (χ0v) is 17.1. The van der Waals surface area contributed by atoms with Crippen molar-refractivity contribution in [3.63, 3.8) is 0 Å². The maximum Gasteiger partial charge on any atom is 0.225 e. The van der Waals surface area contributed by atoms with Crippen LogP contribution >= 0.6 is 23.2 Å². The summed E-state index contributed by atoms with van der Waals surface area (Å²) in [7, 11) is 0. The van der Waals surface area contributed by atoms with Gasteiger partial charge < -0.3 is 9.80 Å². The van der Waals surface area contributed by atoms with Crippen LogP contribution in [-0.2, 0) is 0 Å². The summed E-state index contributed by atoms with van der Waals surface area (Å²) >= 11 is 11.9. The van der Waals surface area contributed by atoms with E-state index in [9.17, 15) is 5.26 Å². The quantitative estimate of drug-likeness (QED) is 0.746. The highest BCUT2D eigenvalue weighted by Gasteiger charge is 2.30. The van der Waals surface area contributed by atoms with Gasteiger partial charge in [0, 0.05) is 32.4 Å². The Hall–Kier alpha value is -2.10. The van der Waals surface area contributed by atoms with Crippen molar-refractivity contribution in [2.45, 2.75) is 25.7 Å². The summed E-state index contributed by atoms with van der Waals surface area (Å²) in [5.74, 6) is 3.12. The Labute approximate surface area is 175 Å². The maximum absolute atomic E-state index is 9.17. The SMILES string of the molecule is N#Cc1cc(N2CCC(C3CCN(c4ncc(Cl)cn4)CC3)CC2)ncc1Cl. The van der Waals surface area contributed by atoms with Gasteiger partial charge in [-0.3, -0.25) is 0 Å². The van der Waals surface area contributed by atoms with E-state index in [0.29, 0.717) is 15.6 Å². The van der Waals surface area contributed by atoms with Crippen LogP contribution in [0.2, 0.25) is 10.0 Å². The minimum absolute atomic E-state index is 0.414. The average Bonchev–Trinajstić information content (AvgIpc) is 2.75. The van der Waals surface area contributed by atoms with E-state index in [1.807, 2.05) is 0 Å². The van der Waals surface area contributed by atoms with Crippen LogP contribution in [0, 0.1) is 23.2 Å². The molecule has 0 bridgehead atoms. The van der Waals surface area contributed by atoms with Crippen molar-refractivity contribution in [3.05, 3.63) is 40.3 Å². The molecule has 0 atom stereocenters. The molecular weight excluding hydrogens is 395 g/mol. The van der Waals surface area contributed by atoms with Crippen LogP contribution in [0.15, 0.2) is 24.7 Å². The number of halogens is 2. The Morgan fingerprint density at radius 1 is 0.857 bits per heavy atom. The van der Waals surface area contributed by atoms with E-state index in [1.165, 1.54) is 12.8 Å². The molecule has 4 rings (SSSR count).